The third kappa shape index (κ3) is 2.63. The summed E-state index contributed by atoms with van der Waals surface area (Å²) in [7, 11) is 0. The first kappa shape index (κ1) is 13.6. The number of hydrogen-bond donors (Lipinski definition) is 0. The Morgan fingerprint density at radius 3 is 2.33 bits per heavy atom. The monoisotopic (exact) mass is 276 g/mol. The summed E-state index contributed by atoms with van der Waals surface area (Å²) in [6.07, 6.45) is 0. The van der Waals surface area contributed by atoms with Crippen molar-refractivity contribution in [3.8, 4) is 5.75 Å². The molecule has 0 aromatic heterocycles. The molecule has 2 heteroatoms. The Morgan fingerprint density at radius 1 is 1.06 bits per heavy atom. The fourth-order valence-electron chi connectivity index (χ4n) is 2.32. The van der Waals surface area contributed by atoms with Gasteiger partial charge in [0.15, 0.2) is 0 Å². The van der Waals surface area contributed by atoms with Crippen molar-refractivity contribution in [1.29, 1.82) is 0 Å². The van der Waals surface area contributed by atoms with E-state index in [1.165, 1.54) is 22.3 Å². The predicted molar refractivity (Wildman–Crippen MR) is 72.0 cm³/mol. The summed E-state index contributed by atoms with van der Waals surface area (Å²) in [5.41, 5.74) is 5.70. The molecule has 1 aromatic carbocycles. The Bertz CT molecular complexity index is 526. The molecule has 1 unspecified atom stereocenters. The van der Waals surface area contributed by atoms with Crippen LogP contribution in [-0.4, -0.2) is 0 Å². The molecule has 0 saturated carbocycles. The topological polar surface area (TPSA) is 9.23 Å². The van der Waals surface area contributed by atoms with E-state index in [1.54, 1.807) is 3.88 Å². The van der Waals surface area contributed by atoms with Gasteiger partial charge in [-0.3, -0.25) is 0 Å². The molecule has 0 bridgehead atoms. The van der Waals surface area contributed by atoms with Crippen LogP contribution in [0.2, 0.25) is 0 Å². The first-order valence-corrected chi connectivity index (χ1v) is 7.80. The van der Waals surface area contributed by atoms with E-state index in [9.17, 15) is 0 Å². The molecule has 0 fully saturated rings. The zero-order chi connectivity index (χ0) is 13.3. The molecule has 2 rings (SSSR count). The molecule has 0 N–H and O–H groups in total. The molecule has 1 nitrogen and oxygen atoms in total. The molecule has 0 heterocycles. The van der Waals surface area contributed by atoms with Gasteiger partial charge < -0.3 is 0 Å². The molecule has 0 radical (unpaired) electrons. The van der Waals surface area contributed by atoms with Crippen molar-refractivity contribution in [2.75, 3.05) is 0 Å². The third-order valence-electron chi connectivity index (χ3n) is 3.91. The van der Waals surface area contributed by atoms with Gasteiger partial charge in [-0.25, -0.2) is 0 Å². The van der Waals surface area contributed by atoms with Gasteiger partial charge in [0.25, 0.3) is 0 Å². The number of hydrogen-bond acceptors (Lipinski definition) is 1. The Kier molecular flexibility index (Phi) is 4.14. The van der Waals surface area contributed by atoms with Gasteiger partial charge in [-0.2, -0.15) is 0 Å². The van der Waals surface area contributed by atoms with Crippen molar-refractivity contribution in [2.45, 2.75) is 34.6 Å². The Labute approximate surface area is 119 Å². The van der Waals surface area contributed by atoms with E-state index in [2.05, 4.69) is 58.9 Å². The molecular formula is C16H20OTi. The Morgan fingerprint density at radius 2 is 1.78 bits per heavy atom. The van der Waals surface area contributed by atoms with E-state index in [0.717, 1.165) is 5.75 Å². The van der Waals surface area contributed by atoms with Crippen molar-refractivity contribution in [3.63, 3.8) is 0 Å². The van der Waals surface area contributed by atoms with Crippen molar-refractivity contribution >= 4 is 0 Å². The fourth-order valence-corrected chi connectivity index (χ4v) is 4.02. The molecule has 0 amide bonds. The molecule has 1 aromatic rings. The zero-order valence-electron chi connectivity index (χ0n) is 11.8. The van der Waals surface area contributed by atoms with E-state index in [0.29, 0.717) is 5.92 Å². The van der Waals surface area contributed by atoms with Crippen molar-refractivity contribution in [3.05, 3.63) is 50.4 Å². The maximum absolute atomic E-state index is 6.05. The van der Waals surface area contributed by atoms with E-state index in [4.69, 9.17) is 3.32 Å². The van der Waals surface area contributed by atoms with Crippen molar-refractivity contribution < 1.29 is 22.9 Å². The van der Waals surface area contributed by atoms with Crippen LogP contribution in [0.3, 0.4) is 0 Å². The second-order valence-corrected chi connectivity index (χ2v) is 6.57. The van der Waals surface area contributed by atoms with Crippen molar-refractivity contribution in [2.24, 2.45) is 5.92 Å². The second-order valence-electron chi connectivity index (χ2n) is 5.09. The molecule has 94 valence electrons. The second kappa shape index (κ2) is 5.46. The van der Waals surface area contributed by atoms with Gasteiger partial charge in [-0.1, -0.05) is 0 Å². The van der Waals surface area contributed by atoms with Crippen LogP contribution in [0, 0.1) is 12.8 Å². The van der Waals surface area contributed by atoms with Gasteiger partial charge in [-0.05, 0) is 0 Å². The minimum atomic E-state index is -0.512. The SMILES string of the molecule is CC1=C(C)C(C)[C]([Ti][O]c2cccc(C)c2)=C1C. The number of allylic oxidation sites excluding steroid dienone is 4. The summed E-state index contributed by atoms with van der Waals surface area (Å²) in [4.78, 5) is 0. The summed E-state index contributed by atoms with van der Waals surface area (Å²) >= 11 is -0.512. The number of aryl methyl sites for hydroxylation is 1. The molecule has 18 heavy (non-hydrogen) atoms. The average molecular weight is 276 g/mol. The van der Waals surface area contributed by atoms with Gasteiger partial charge >= 0.3 is 120 Å². The summed E-state index contributed by atoms with van der Waals surface area (Å²) in [6.45, 7) is 11.1. The van der Waals surface area contributed by atoms with E-state index in [-0.39, 0.29) is 0 Å². The fraction of sp³-hybridized carbons (Fsp3) is 0.375. The van der Waals surface area contributed by atoms with Crippen molar-refractivity contribution in [1.82, 2.24) is 0 Å². The predicted octanol–water partition coefficient (Wildman–Crippen LogP) is 4.63. The Hall–Kier alpha value is -0.786. The van der Waals surface area contributed by atoms with Crippen LogP contribution in [0.1, 0.15) is 33.3 Å². The van der Waals surface area contributed by atoms with Gasteiger partial charge in [0.1, 0.15) is 0 Å². The van der Waals surface area contributed by atoms with Crippen LogP contribution in [0.15, 0.2) is 44.9 Å². The van der Waals surface area contributed by atoms with Crippen LogP contribution >= 0.6 is 0 Å². The first-order valence-electron chi connectivity index (χ1n) is 6.38. The standard InChI is InChI=1S/C9H13.C7H8O.Ti/c1-6-5-7(2)9(4)8(6)3;1-6-3-2-4-7(8)5-6;/h6H,1-4H3;2-5,8H,1H3;/q;;+1/p-1. The molecule has 1 atom stereocenters. The van der Waals surface area contributed by atoms with Crippen LogP contribution < -0.4 is 3.32 Å². The van der Waals surface area contributed by atoms with Crippen LogP contribution in [0.5, 0.6) is 5.75 Å². The molecule has 0 saturated heterocycles. The number of benzene rings is 1. The summed E-state index contributed by atoms with van der Waals surface area (Å²) in [5, 5.41) is 0. The zero-order valence-corrected chi connectivity index (χ0v) is 13.4. The minimum absolute atomic E-state index is 0.512. The van der Waals surface area contributed by atoms with Gasteiger partial charge in [0, 0.05) is 0 Å². The van der Waals surface area contributed by atoms with Crippen LogP contribution in [0.25, 0.3) is 0 Å². The average Bonchev–Trinajstić information content (AvgIpc) is 2.52. The molecule has 1 aliphatic rings. The quantitative estimate of drug-likeness (QED) is 0.731. The third-order valence-corrected chi connectivity index (χ3v) is 6.04. The van der Waals surface area contributed by atoms with Gasteiger partial charge in [-0.15, -0.1) is 0 Å². The maximum atomic E-state index is 6.05. The Balaban J connectivity index is 2.09. The van der Waals surface area contributed by atoms with E-state index >= 15 is 0 Å². The summed E-state index contributed by atoms with van der Waals surface area (Å²) in [6, 6.07) is 8.33. The molecule has 0 spiro atoms. The summed E-state index contributed by atoms with van der Waals surface area (Å²) < 4.78 is 7.60. The molecule has 1 aliphatic carbocycles. The normalized spacial score (nSPS) is 19.5. The van der Waals surface area contributed by atoms with E-state index < -0.39 is 19.5 Å². The number of rotatable bonds is 3. The van der Waals surface area contributed by atoms with Crippen LogP contribution in [-0.2, 0) is 19.5 Å². The summed E-state index contributed by atoms with van der Waals surface area (Å²) in [5.74, 6) is 1.60. The van der Waals surface area contributed by atoms with Crippen LogP contribution in [0.4, 0.5) is 0 Å². The first-order chi connectivity index (χ1) is 8.50. The van der Waals surface area contributed by atoms with Gasteiger partial charge in [0.05, 0.1) is 0 Å². The van der Waals surface area contributed by atoms with Gasteiger partial charge in [0.2, 0.25) is 0 Å². The van der Waals surface area contributed by atoms with E-state index in [1.807, 2.05) is 0 Å². The molecule has 0 aliphatic heterocycles. The molecular weight excluding hydrogens is 256 g/mol.